The van der Waals surface area contributed by atoms with Gasteiger partial charge in [-0.15, -0.1) is 0 Å². The largest absolute Gasteiger partial charge is 0.434 e. The molecule has 0 aliphatic heterocycles. The number of pyridine rings is 1. The molecule has 0 aliphatic rings. The summed E-state index contributed by atoms with van der Waals surface area (Å²) in [6.07, 6.45) is 1.59. The van der Waals surface area contributed by atoms with Gasteiger partial charge in [-0.25, -0.2) is 4.98 Å². The van der Waals surface area contributed by atoms with Crippen LogP contribution < -0.4 is 0 Å². The Kier molecular flexibility index (Phi) is 3.08. The Bertz CT molecular complexity index is 752. The van der Waals surface area contributed by atoms with E-state index >= 15 is 0 Å². The van der Waals surface area contributed by atoms with Crippen molar-refractivity contribution in [3.05, 3.63) is 46.2 Å². The van der Waals surface area contributed by atoms with Gasteiger partial charge in [0, 0.05) is 10.0 Å². The molecule has 0 saturated carbocycles. The Labute approximate surface area is 118 Å². The molecular weight excluding hydrogens is 308 g/mol. The molecule has 0 fully saturated rings. The number of hydrogen-bond acceptors (Lipinski definition) is 4. The smallest absolute Gasteiger partial charge is 0.227 e. The number of rotatable bonds is 2. The highest BCUT2D eigenvalue weighted by molar-refractivity contribution is 9.10. The van der Waals surface area contributed by atoms with Gasteiger partial charge in [-0.2, -0.15) is 0 Å². The molecule has 3 rings (SSSR count). The first-order valence-corrected chi connectivity index (χ1v) is 6.60. The minimum atomic E-state index is -0.103. The lowest BCUT2D eigenvalue weighted by molar-refractivity contribution is 0.277. The fourth-order valence-electron chi connectivity index (χ4n) is 1.92. The quantitative estimate of drug-likeness (QED) is 0.786. The number of aliphatic hydroxyl groups is 1. The lowest BCUT2D eigenvalue weighted by Gasteiger charge is -2.02. The average Bonchev–Trinajstić information content (AvgIpc) is 2.84. The van der Waals surface area contributed by atoms with Gasteiger partial charge in [-0.3, -0.25) is 4.98 Å². The first-order chi connectivity index (χ1) is 9.19. The van der Waals surface area contributed by atoms with Gasteiger partial charge in [0.05, 0.1) is 18.5 Å². The van der Waals surface area contributed by atoms with Crippen LogP contribution in [0.25, 0.3) is 22.6 Å². The highest BCUT2D eigenvalue weighted by Crippen LogP contribution is 2.30. The summed E-state index contributed by atoms with van der Waals surface area (Å²) in [5, 5.41) is 9.07. The van der Waals surface area contributed by atoms with E-state index in [1.165, 1.54) is 0 Å². The predicted molar refractivity (Wildman–Crippen MR) is 75.6 cm³/mol. The molecular formula is C14H11BrN2O2. The normalized spacial score (nSPS) is 11.1. The monoisotopic (exact) mass is 318 g/mol. The van der Waals surface area contributed by atoms with Crippen molar-refractivity contribution in [3.63, 3.8) is 0 Å². The summed E-state index contributed by atoms with van der Waals surface area (Å²) in [4.78, 5) is 8.53. The molecule has 0 atom stereocenters. The van der Waals surface area contributed by atoms with Gasteiger partial charge in [0.1, 0.15) is 5.52 Å². The van der Waals surface area contributed by atoms with Crippen LogP contribution in [-0.2, 0) is 6.61 Å². The van der Waals surface area contributed by atoms with E-state index in [0.717, 1.165) is 15.6 Å². The molecule has 2 aromatic heterocycles. The number of aliphatic hydroxyl groups excluding tert-OH is 1. The molecule has 1 aromatic carbocycles. The highest BCUT2D eigenvalue weighted by atomic mass is 79.9. The summed E-state index contributed by atoms with van der Waals surface area (Å²) in [6, 6.07) is 7.62. The van der Waals surface area contributed by atoms with Crippen LogP contribution in [0.2, 0.25) is 0 Å². The molecule has 4 nitrogen and oxygen atoms in total. The Balaban J connectivity index is 2.18. The van der Waals surface area contributed by atoms with Crippen LogP contribution in [0.15, 0.2) is 39.4 Å². The summed E-state index contributed by atoms with van der Waals surface area (Å²) in [7, 11) is 0. The van der Waals surface area contributed by atoms with Crippen molar-refractivity contribution in [1.82, 2.24) is 9.97 Å². The Morgan fingerprint density at radius 3 is 3.00 bits per heavy atom. The summed E-state index contributed by atoms with van der Waals surface area (Å²) in [5.41, 5.74) is 3.92. The fraction of sp³-hybridized carbons (Fsp3) is 0.143. The molecule has 0 unspecified atom stereocenters. The molecule has 0 amide bonds. The number of halogens is 1. The second kappa shape index (κ2) is 4.75. The molecule has 3 aromatic rings. The van der Waals surface area contributed by atoms with Crippen LogP contribution in [0.1, 0.15) is 11.3 Å². The van der Waals surface area contributed by atoms with E-state index in [9.17, 15) is 0 Å². The fourth-order valence-corrected chi connectivity index (χ4v) is 2.28. The van der Waals surface area contributed by atoms with Crippen molar-refractivity contribution >= 4 is 27.0 Å². The SMILES string of the molecule is Cc1c(Br)cccc1-c1nc2cc(CO)ncc2o1. The van der Waals surface area contributed by atoms with Crippen molar-refractivity contribution in [2.45, 2.75) is 13.5 Å². The molecule has 19 heavy (non-hydrogen) atoms. The van der Waals surface area contributed by atoms with Crippen molar-refractivity contribution in [2.24, 2.45) is 0 Å². The maximum Gasteiger partial charge on any atom is 0.227 e. The minimum absolute atomic E-state index is 0.103. The van der Waals surface area contributed by atoms with Gasteiger partial charge in [-0.05, 0) is 30.7 Å². The molecule has 96 valence electrons. The zero-order valence-electron chi connectivity index (χ0n) is 10.2. The van der Waals surface area contributed by atoms with Crippen molar-refractivity contribution < 1.29 is 9.52 Å². The Hall–Kier alpha value is -1.72. The van der Waals surface area contributed by atoms with Gasteiger partial charge in [0.15, 0.2) is 5.58 Å². The number of hydrogen-bond donors (Lipinski definition) is 1. The van der Waals surface area contributed by atoms with E-state index in [1.54, 1.807) is 12.3 Å². The molecule has 5 heteroatoms. The number of aromatic nitrogens is 2. The van der Waals surface area contributed by atoms with Crippen LogP contribution in [0.4, 0.5) is 0 Å². The van der Waals surface area contributed by atoms with Gasteiger partial charge in [0.2, 0.25) is 5.89 Å². The van der Waals surface area contributed by atoms with E-state index in [-0.39, 0.29) is 6.61 Å². The van der Waals surface area contributed by atoms with E-state index in [2.05, 4.69) is 25.9 Å². The predicted octanol–water partition coefficient (Wildman–Crippen LogP) is 3.45. The van der Waals surface area contributed by atoms with Crippen molar-refractivity contribution in [2.75, 3.05) is 0 Å². The maximum absolute atomic E-state index is 9.07. The molecule has 0 radical (unpaired) electrons. The lowest BCUT2D eigenvalue weighted by Crippen LogP contribution is -1.87. The minimum Gasteiger partial charge on any atom is -0.434 e. The van der Waals surface area contributed by atoms with E-state index < -0.39 is 0 Å². The first kappa shape index (κ1) is 12.3. The summed E-state index contributed by atoms with van der Waals surface area (Å²) in [6.45, 7) is 1.90. The second-order valence-corrected chi connectivity index (χ2v) is 5.09. The third-order valence-corrected chi connectivity index (χ3v) is 3.85. The van der Waals surface area contributed by atoms with Crippen LogP contribution in [-0.4, -0.2) is 15.1 Å². The molecule has 0 aliphatic carbocycles. The number of oxazole rings is 1. The third kappa shape index (κ3) is 2.15. The highest BCUT2D eigenvalue weighted by Gasteiger charge is 2.12. The van der Waals surface area contributed by atoms with Crippen LogP contribution in [0.5, 0.6) is 0 Å². The molecule has 1 N–H and O–H groups in total. The number of nitrogens with zero attached hydrogens (tertiary/aromatic N) is 2. The number of fused-ring (bicyclic) bond motifs is 1. The zero-order valence-corrected chi connectivity index (χ0v) is 11.8. The van der Waals surface area contributed by atoms with Crippen LogP contribution in [0.3, 0.4) is 0 Å². The molecule has 2 heterocycles. The van der Waals surface area contributed by atoms with Gasteiger partial charge < -0.3 is 9.52 Å². The topological polar surface area (TPSA) is 59.2 Å². The molecule has 0 spiro atoms. The maximum atomic E-state index is 9.07. The summed E-state index contributed by atoms with van der Waals surface area (Å²) >= 11 is 3.50. The zero-order chi connectivity index (χ0) is 13.4. The van der Waals surface area contributed by atoms with Crippen LogP contribution in [0, 0.1) is 6.92 Å². The summed E-state index contributed by atoms with van der Waals surface area (Å²) < 4.78 is 6.73. The lowest BCUT2D eigenvalue weighted by atomic mass is 10.1. The van der Waals surface area contributed by atoms with E-state index in [4.69, 9.17) is 9.52 Å². The van der Waals surface area contributed by atoms with Gasteiger partial charge >= 0.3 is 0 Å². The third-order valence-electron chi connectivity index (χ3n) is 2.99. The number of benzene rings is 1. The standard InChI is InChI=1S/C14H11BrN2O2/c1-8-10(3-2-4-11(8)15)14-17-12-5-9(7-18)16-6-13(12)19-14/h2-6,18H,7H2,1H3. The average molecular weight is 319 g/mol. The first-order valence-electron chi connectivity index (χ1n) is 5.81. The summed E-state index contributed by atoms with van der Waals surface area (Å²) in [5.74, 6) is 0.561. The molecule has 0 bridgehead atoms. The molecule has 0 saturated heterocycles. The Morgan fingerprint density at radius 2 is 2.21 bits per heavy atom. The van der Waals surface area contributed by atoms with Gasteiger partial charge in [-0.1, -0.05) is 22.0 Å². The second-order valence-electron chi connectivity index (χ2n) is 4.23. The van der Waals surface area contributed by atoms with Crippen molar-refractivity contribution in [3.8, 4) is 11.5 Å². The van der Waals surface area contributed by atoms with Crippen LogP contribution >= 0.6 is 15.9 Å². The van der Waals surface area contributed by atoms with E-state index in [1.807, 2.05) is 25.1 Å². The van der Waals surface area contributed by atoms with Gasteiger partial charge in [0.25, 0.3) is 0 Å². The van der Waals surface area contributed by atoms with Crippen molar-refractivity contribution in [1.29, 1.82) is 0 Å². The van der Waals surface area contributed by atoms with E-state index in [0.29, 0.717) is 22.7 Å². The Morgan fingerprint density at radius 1 is 1.37 bits per heavy atom.